The first kappa shape index (κ1) is 17.1. The minimum Gasteiger partial charge on any atom is -0.459 e. The Morgan fingerprint density at radius 2 is 1.96 bits per heavy atom. The van der Waals surface area contributed by atoms with E-state index in [-0.39, 0.29) is 11.5 Å². The van der Waals surface area contributed by atoms with Gasteiger partial charge in [-0.25, -0.2) is 0 Å². The largest absolute Gasteiger partial charge is 0.459 e. The number of hydrogen-bond acceptors (Lipinski definition) is 5. The van der Waals surface area contributed by atoms with Crippen molar-refractivity contribution >= 4 is 5.91 Å². The lowest BCUT2D eigenvalue weighted by Crippen LogP contribution is -2.58. The minimum absolute atomic E-state index is 0.0164. The van der Waals surface area contributed by atoms with Crippen LogP contribution < -0.4 is 0 Å². The average Bonchev–Trinajstić information content (AvgIpc) is 3.19. The number of nitrogens with zero attached hydrogens (tertiary/aromatic N) is 2. The van der Waals surface area contributed by atoms with E-state index in [1.54, 1.807) is 18.4 Å². The molecule has 1 aromatic rings. The van der Waals surface area contributed by atoms with Gasteiger partial charge in [-0.3, -0.25) is 4.79 Å². The number of piperidine rings is 1. The zero-order chi connectivity index (χ0) is 17.1. The highest BCUT2D eigenvalue weighted by Crippen LogP contribution is 2.31. The Hall–Kier alpha value is -1.37. The molecule has 0 unspecified atom stereocenters. The van der Waals surface area contributed by atoms with Crippen molar-refractivity contribution in [2.45, 2.75) is 31.3 Å². The molecule has 0 radical (unpaired) electrons. The van der Waals surface area contributed by atoms with E-state index in [0.29, 0.717) is 25.5 Å². The first-order valence-corrected chi connectivity index (χ1v) is 9.51. The summed E-state index contributed by atoms with van der Waals surface area (Å²) in [6, 6.07) is 3.50. The third-order valence-corrected chi connectivity index (χ3v) is 5.89. The molecule has 0 bridgehead atoms. The molecule has 3 saturated heterocycles. The Bertz CT molecular complexity index is 560. The summed E-state index contributed by atoms with van der Waals surface area (Å²) in [5, 5.41) is 0. The molecule has 6 nitrogen and oxygen atoms in total. The van der Waals surface area contributed by atoms with Gasteiger partial charge in [-0.05, 0) is 43.7 Å². The standard InChI is InChI=1S/C19H28N2O4/c22-18(17-2-1-10-24-17)21-9-13-25-19(15-21)5-7-20(8-6-19)14-16-3-11-23-12-4-16/h1-2,10,16H,3-9,11-15H2. The third-order valence-electron chi connectivity index (χ3n) is 5.89. The Labute approximate surface area is 149 Å². The third kappa shape index (κ3) is 3.91. The SMILES string of the molecule is O=C(c1ccco1)N1CCOC2(CCN(CC3CCOCC3)CC2)C1. The van der Waals surface area contributed by atoms with Crippen LogP contribution >= 0.6 is 0 Å². The second-order valence-corrected chi connectivity index (χ2v) is 7.59. The lowest BCUT2D eigenvalue weighted by molar-refractivity contribution is -0.129. The number of ether oxygens (including phenoxy) is 2. The molecule has 3 aliphatic heterocycles. The Morgan fingerprint density at radius 3 is 2.68 bits per heavy atom. The van der Waals surface area contributed by atoms with Gasteiger partial charge in [0.05, 0.1) is 25.0 Å². The highest BCUT2D eigenvalue weighted by atomic mass is 16.5. The lowest BCUT2D eigenvalue weighted by atomic mass is 9.88. The lowest BCUT2D eigenvalue weighted by Gasteiger charge is -2.47. The molecule has 1 spiro atoms. The van der Waals surface area contributed by atoms with E-state index in [9.17, 15) is 4.79 Å². The van der Waals surface area contributed by atoms with Crippen LogP contribution in [0.5, 0.6) is 0 Å². The smallest absolute Gasteiger partial charge is 0.289 e. The van der Waals surface area contributed by atoms with Crippen LogP contribution in [0.15, 0.2) is 22.8 Å². The van der Waals surface area contributed by atoms with Gasteiger partial charge in [0.25, 0.3) is 5.91 Å². The molecule has 0 N–H and O–H groups in total. The molecule has 0 aromatic carbocycles. The molecule has 0 aliphatic carbocycles. The van der Waals surface area contributed by atoms with Crippen LogP contribution in [-0.2, 0) is 9.47 Å². The van der Waals surface area contributed by atoms with Crippen molar-refractivity contribution in [2.24, 2.45) is 5.92 Å². The van der Waals surface area contributed by atoms with Gasteiger partial charge in [-0.2, -0.15) is 0 Å². The maximum absolute atomic E-state index is 12.6. The Kier molecular flexibility index (Phi) is 5.10. The highest BCUT2D eigenvalue weighted by molar-refractivity contribution is 5.91. The van der Waals surface area contributed by atoms with Crippen molar-refractivity contribution in [1.29, 1.82) is 0 Å². The van der Waals surface area contributed by atoms with Crippen molar-refractivity contribution in [2.75, 3.05) is 52.5 Å². The van der Waals surface area contributed by atoms with E-state index in [0.717, 1.165) is 45.1 Å². The molecule has 1 amide bonds. The fraction of sp³-hybridized carbons (Fsp3) is 0.737. The summed E-state index contributed by atoms with van der Waals surface area (Å²) in [6.45, 7) is 7.05. The highest BCUT2D eigenvalue weighted by Gasteiger charge is 2.41. The fourth-order valence-electron chi connectivity index (χ4n) is 4.31. The topological polar surface area (TPSA) is 55.2 Å². The molecule has 138 valence electrons. The van der Waals surface area contributed by atoms with Crippen LogP contribution in [-0.4, -0.2) is 73.9 Å². The molecule has 4 rings (SSSR count). The van der Waals surface area contributed by atoms with Crippen LogP contribution in [0.2, 0.25) is 0 Å². The fourth-order valence-corrected chi connectivity index (χ4v) is 4.31. The van der Waals surface area contributed by atoms with Crippen LogP contribution in [0.4, 0.5) is 0 Å². The quantitative estimate of drug-likeness (QED) is 0.836. The van der Waals surface area contributed by atoms with E-state index in [4.69, 9.17) is 13.9 Å². The van der Waals surface area contributed by atoms with Crippen LogP contribution in [0.1, 0.15) is 36.2 Å². The number of rotatable bonds is 3. The van der Waals surface area contributed by atoms with Gasteiger partial charge < -0.3 is 23.7 Å². The monoisotopic (exact) mass is 348 g/mol. The summed E-state index contributed by atoms with van der Waals surface area (Å²) in [7, 11) is 0. The number of carbonyl (C=O) groups is 1. The summed E-state index contributed by atoms with van der Waals surface area (Å²) in [5.74, 6) is 1.18. The summed E-state index contributed by atoms with van der Waals surface area (Å²) >= 11 is 0. The number of hydrogen-bond donors (Lipinski definition) is 0. The maximum Gasteiger partial charge on any atom is 0.289 e. The van der Waals surface area contributed by atoms with E-state index >= 15 is 0 Å². The van der Waals surface area contributed by atoms with Gasteiger partial charge in [-0.15, -0.1) is 0 Å². The summed E-state index contributed by atoms with van der Waals surface area (Å²) in [6.07, 6.45) is 5.92. The molecular formula is C19H28N2O4. The Morgan fingerprint density at radius 1 is 1.16 bits per heavy atom. The molecule has 0 saturated carbocycles. The van der Waals surface area contributed by atoms with Gasteiger partial charge in [0.1, 0.15) is 0 Å². The number of carbonyl (C=O) groups excluding carboxylic acids is 1. The maximum atomic E-state index is 12.6. The van der Waals surface area contributed by atoms with Crippen molar-refractivity contribution < 1.29 is 18.7 Å². The Balaban J connectivity index is 1.31. The van der Waals surface area contributed by atoms with Gasteiger partial charge in [-0.1, -0.05) is 0 Å². The minimum atomic E-state index is -0.174. The van der Waals surface area contributed by atoms with Gasteiger partial charge in [0.2, 0.25) is 0 Å². The molecular weight excluding hydrogens is 320 g/mol. The van der Waals surface area contributed by atoms with Crippen molar-refractivity contribution in [3.63, 3.8) is 0 Å². The number of morpholine rings is 1. The summed E-state index contributed by atoms with van der Waals surface area (Å²) in [4.78, 5) is 17.0. The normalized spacial score (nSPS) is 25.4. The van der Waals surface area contributed by atoms with Gasteiger partial charge in [0.15, 0.2) is 5.76 Å². The number of furan rings is 1. The predicted octanol–water partition coefficient (Wildman–Crippen LogP) is 2.01. The molecule has 6 heteroatoms. The molecule has 3 aliphatic rings. The second-order valence-electron chi connectivity index (χ2n) is 7.59. The van der Waals surface area contributed by atoms with Crippen molar-refractivity contribution in [3.05, 3.63) is 24.2 Å². The molecule has 4 heterocycles. The van der Waals surface area contributed by atoms with Crippen molar-refractivity contribution in [3.8, 4) is 0 Å². The molecule has 0 atom stereocenters. The average molecular weight is 348 g/mol. The van der Waals surface area contributed by atoms with E-state index in [1.165, 1.54) is 19.4 Å². The predicted molar refractivity (Wildman–Crippen MR) is 92.5 cm³/mol. The van der Waals surface area contributed by atoms with Crippen LogP contribution in [0, 0.1) is 5.92 Å². The van der Waals surface area contributed by atoms with Crippen LogP contribution in [0.3, 0.4) is 0 Å². The summed E-state index contributed by atoms with van der Waals surface area (Å²) in [5.41, 5.74) is -0.174. The molecule has 3 fully saturated rings. The van der Waals surface area contributed by atoms with Gasteiger partial charge in [0, 0.05) is 39.4 Å². The number of amides is 1. The first-order chi connectivity index (χ1) is 12.2. The van der Waals surface area contributed by atoms with Crippen LogP contribution in [0.25, 0.3) is 0 Å². The zero-order valence-corrected chi connectivity index (χ0v) is 14.8. The zero-order valence-electron chi connectivity index (χ0n) is 14.8. The van der Waals surface area contributed by atoms with E-state index in [1.807, 2.05) is 4.90 Å². The molecule has 25 heavy (non-hydrogen) atoms. The summed E-state index contributed by atoms with van der Waals surface area (Å²) < 4.78 is 16.9. The first-order valence-electron chi connectivity index (χ1n) is 9.51. The van der Waals surface area contributed by atoms with E-state index < -0.39 is 0 Å². The van der Waals surface area contributed by atoms with Gasteiger partial charge >= 0.3 is 0 Å². The second kappa shape index (κ2) is 7.48. The van der Waals surface area contributed by atoms with E-state index in [2.05, 4.69) is 4.90 Å². The van der Waals surface area contributed by atoms with Crippen molar-refractivity contribution in [1.82, 2.24) is 9.80 Å². The molecule has 1 aromatic heterocycles. The number of likely N-dealkylation sites (tertiary alicyclic amines) is 1.